The first-order valence-electron chi connectivity index (χ1n) is 5.82. The van der Waals surface area contributed by atoms with E-state index in [0.717, 1.165) is 6.07 Å². The molecule has 0 aliphatic heterocycles. The number of benzene rings is 1. The van der Waals surface area contributed by atoms with Gasteiger partial charge in [0.25, 0.3) is 0 Å². The van der Waals surface area contributed by atoms with Gasteiger partial charge in [0.2, 0.25) is 10.0 Å². The fourth-order valence-electron chi connectivity index (χ4n) is 1.45. The van der Waals surface area contributed by atoms with E-state index in [0.29, 0.717) is 17.2 Å². The van der Waals surface area contributed by atoms with Crippen LogP contribution in [0.1, 0.15) is 18.9 Å². The molecule has 0 aliphatic rings. The third kappa shape index (κ3) is 4.76. The Hall–Kier alpha value is -0.630. The fraction of sp³-hybridized carbons (Fsp3) is 0.500. The molecule has 1 rings (SSSR count). The first-order chi connectivity index (χ1) is 8.90. The van der Waals surface area contributed by atoms with Crippen LogP contribution in [0.5, 0.6) is 0 Å². The summed E-state index contributed by atoms with van der Waals surface area (Å²) in [6.07, 6.45) is 2.63. The minimum atomic E-state index is -3.84. The molecule has 2 N–H and O–H groups in total. The molecule has 0 aromatic heterocycles. The standard InChI is InChI=1S/C12H18FNO3S2/c1-9(18-2)5-6-14-19(16,17)12-4-3-10(8-15)7-11(12)13/h3-4,7,9,14-15H,5-6,8H2,1-2H3. The molecule has 0 amide bonds. The van der Waals surface area contributed by atoms with Crippen LogP contribution in [0.25, 0.3) is 0 Å². The van der Waals surface area contributed by atoms with E-state index in [1.54, 1.807) is 11.8 Å². The van der Waals surface area contributed by atoms with Gasteiger partial charge in [-0.3, -0.25) is 0 Å². The van der Waals surface area contributed by atoms with E-state index in [1.165, 1.54) is 12.1 Å². The highest BCUT2D eigenvalue weighted by Crippen LogP contribution is 2.16. The molecule has 0 saturated heterocycles. The molecule has 7 heteroatoms. The zero-order valence-corrected chi connectivity index (χ0v) is 12.5. The Balaban J connectivity index is 2.77. The molecular formula is C12H18FNO3S2. The molecule has 1 unspecified atom stereocenters. The van der Waals surface area contributed by atoms with E-state index >= 15 is 0 Å². The largest absolute Gasteiger partial charge is 0.392 e. The summed E-state index contributed by atoms with van der Waals surface area (Å²) in [6, 6.07) is 3.59. The van der Waals surface area contributed by atoms with Gasteiger partial charge in [-0.25, -0.2) is 17.5 Å². The molecule has 4 nitrogen and oxygen atoms in total. The van der Waals surface area contributed by atoms with Gasteiger partial charge in [0.15, 0.2) is 0 Å². The molecule has 1 aromatic rings. The van der Waals surface area contributed by atoms with E-state index in [2.05, 4.69) is 4.72 Å². The average Bonchev–Trinajstić information content (AvgIpc) is 2.37. The highest BCUT2D eigenvalue weighted by atomic mass is 32.2. The maximum atomic E-state index is 13.7. The minimum Gasteiger partial charge on any atom is -0.392 e. The topological polar surface area (TPSA) is 66.4 Å². The van der Waals surface area contributed by atoms with Gasteiger partial charge in [0.1, 0.15) is 10.7 Å². The number of hydrogen-bond acceptors (Lipinski definition) is 4. The molecule has 0 bridgehead atoms. The summed E-state index contributed by atoms with van der Waals surface area (Å²) >= 11 is 1.64. The zero-order chi connectivity index (χ0) is 14.5. The van der Waals surface area contributed by atoms with Crippen LogP contribution >= 0.6 is 11.8 Å². The number of halogens is 1. The van der Waals surface area contributed by atoms with Crippen molar-refractivity contribution in [2.75, 3.05) is 12.8 Å². The number of nitrogens with one attached hydrogen (secondary N) is 1. The Morgan fingerprint density at radius 3 is 2.68 bits per heavy atom. The molecule has 0 saturated carbocycles. The van der Waals surface area contributed by atoms with Crippen molar-refractivity contribution < 1.29 is 17.9 Å². The van der Waals surface area contributed by atoms with Crippen LogP contribution in [-0.2, 0) is 16.6 Å². The van der Waals surface area contributed by atoms with Gasteiger partial charge in [0, 0.05) is 11.8 Å². The predicted octanol–water partition coefficient (Wildman–Crippen LogP) is 1.74. The Morgan fingerprint density at radius 2 is 2.16 bits per heavy atom. The van der Waals surface area contributed by atoms with Crippen LogP contribution < -0.4 is 4.72 Å². The summed E-state index contributed by atoms with van der Waals surface area (Å²) in [5.74, 6) is -0.850. The molecule has 1 aromatic carbocycles. The van der Waals surface area contributed by atoms with Crippen molar-refractivity contribution in [2.24, 2.45) is 0 Å². The molecule has 1 atom stereocenters. The molecular weight excluding hydrogens is 289 g/mol. The monoisotopic (exact) mass is 307 g/mol. The van der Waals surface area contributed by atoms with E-state index in [-0.39, 0.29) is 18.0 Å². The maximum Gasteiger partial charge on any atom is 0.243 e. The summed E-state index contributed by atoms with van der Waals surface area (Å²) < 4.78 is 39.8. The second-order valence-electron chi connectivity index (χ2n) is 4.16. The number of aliphatic hydroxyl groups is 1. The maximum absolute atomic E-state index is 13.7. The minimum absolute atomic E-state index is 0.269. The van der Waals surface area contributed by atoms with Crippen molar-refractivity contribution in [3.63, 3.8) is 0 Å². The van der Waals surface area contributed by atoms with E-state index < -0.39 is 15.8 Å². The number of hydrogen-bond donors (Lipinski definition) is 2. The van der Waals surface area contributed by atoms with Gasteiger partial charge in [0.05, 0.1) is 6.61 Å². The van der Waals surface area contributed by atoms with Crippen LogP contribution in [-0.4, -0.2) is 31.6 Å². The van der Waals surface area contributed by atoms with Gasteiger partial charge < -0.3 is 5.11 Å². The first kappa shape index (κ1) is 16.4. The fourth-order valence-corrected chi connectivity index (χ4v) is 2.91. The Morgan fingerprint density at radius 1 is 1.47 bits per heavy atom. The number of rotatable bonds is 7. The summed E-state index contributed by atoms with van der Waals surface area (Å²) in [5.41, 5.74) is 0.340. The van der Waals surface area contributed by atoms with Crippen LogP contribution in [0.15, 0.2) is 23.1 Å². The van der Waals surface area contributed by atoms with Gasteiger partial charge in [-0.2, -0.15) is 11.8 Å². The van der Waals surface area contributed by atoms with Crippen molar-refractivity contribution in [1.82, 2.24) is 4.72 Å². The van der Waals surface area contributed by atoms with Gasteiger partial charge in [-0.1, -0.05) is 13.0 Å². The predicted molar refractivity (Wildman–Crippen MR) is 75.1 cm³/mol. The number of sulfonamides is 1. The molecule has 0 aliphatic carbocycles. The van der Waals surface area contributed by atoms with Crippen LogP contribution in [0.2, 0.25) is 0 Å². The lowest BCUT2D eigenvalue weighted by Gasteiger charge is -2.10. The van der Waals surface area contributed by atoms with Crippen molar-refractivity contribution >= 4 is 21.8 Å². The number of thioether (sulfide) groups is 1. The molecule has 0 spiro atoms. The molecule has 0 heterocycles. The summed E-state index contributed by atoms with van der Waals surface area (Å²) in [5, 5.41) is 9.19. The third-order valence-electron chi connectivity index (χ3n) is 2.71. The SMILES string of the molecule is CSC(C)CCNS(=O)(=O)c1ccc(CO)cc1F. The molecule has 108 valence electrons. The van der Waals surface area contributed by atoms with Crippen molar-refractivity contribution in [3.05, 3.63) is 29.6 Å². The lowest BCUT2D eigenvalue weighted by atomic mass is 10.2. The Bertz CT molecular complexity index is 520. The lowest BCUT2D eigenvalue weighted by Crippen LogP contribution is -2.27. The van der Waals surface area contributed by atoms with Crippen molar-refractivity contribution in [3.8, 4) is 0 Å². The van der Waals surface area contributed by atoms with Crippen molar-refractivity contribution in [2.45, 2.75) is 30.1 Å². The van der Waals surface area contributed by atoms with E-state index in [1.807, 2.05) is 13.2 Å². The van der Waals surface area contributed by atoms with Crippen LogP contribution in [0.4, 0.5) is 4.39 Å². The van der Waals surface area contributed by atoms with Crippen LogP contribution in [0, 0.1) is 5.82 Å². The second-order valence-corrected chi connectivity index (χ2v) is 7.17. The highest BCUT2D eigenvalue weighted by Gasteiger charge is 2.18. The summed E-state index contributed by atoms with van der Waals surface area (Å²) in [7, 11) is -3.84. The summed E-state index contributed by atoms with van der Waals surface area (Å²) in [4.78, 5) is -0.387. The highest BCUT2D eigenvalue weighted by molar-refractivity contribution is 7.99. The normalized spacial score (nSPS) is 13.5. The number of aliphatic hydroxyl groups excluding tert-OH is 1. The molecule has 19 heavy (non-hydrogen) atoms. The lowest BCUT2D eigenvalue weighted by molar-refractivity contribution is 0.281. The zero-order valence-electron chi connectivity index (χ0n) is 10.9. The molecule has 0 fully saturated rings. The van der Waals surface area contributed by atoms with Crippen LogP contribution in [0.3, 0.4) is 0 Å². The summed E-state index contributed by atoms with van der Waals surface area (Å²) in [6.45, 7) is 1.94. The second kappa shape index (κ2) is 7.23. The van der Waals surface area contributed by atoms with Gasteiger partial charge in [-0.05, 0) is 30.4 Å². The van der Waals surface area contributed by atoms with E-state index in [9.17, 15) is 12.8 Å². The van der Waals surface area contributed by atoms with Crippen molar-refractivity contribution in [1.29, 1.82) is 0 Å². The quantitative estimate of drug-likeness (QED) is 0.805. The van der Waals surface area contributed by atoms with E-state index in [4.69, 9.17) is 5.11 Å². The van der Waals surface area contributed by atoms with Gasteiger partial charge >= 0.3 is 0 Å². The smallest absolute Gasteiger partial charge is 0.243 e. The third-order valence-corrected chi connectivity index (χ3v) is 5.25. The Labute approximate surface area is 117 Å². The Kier molecular flexibility index (Phi) is 6.25. The van der Waals surface area contributed by atoms with Gasteiger partial charge in [-0.15, -0.1) is 0 Å². The average molecular weight is 307 g/mol. The first-order valence-corrected chi connectivity index (χ1v) is 8.59. The molecule has 0 radical (unpaired) electrons.